The molecule has 18 heavy (non-hydrogen) atoms. The Bertz CT molecular complexity index is 511. The average molecular weight is 322 g/mol. The Hall–Kier alpha value is -0.770. The van der Waals surface area contributed by atoms with Crippen LogP contribution in [0.4, 0.5) is 0 Å². The second-order valence-electron chi connectivity index (χ2n) is 4.35. The molecule has 0 aliphatic heterocycles. The van der Waals surface area contributed by atoms with Crippen LogP contribution in [0.15, 0.2) is 62.8 Å². The molecule has 0 spiro atoms. The summed E-state index contributed by atoms with van der Waals surface area (Å²) in [5, 5.41) is 0. The van der Waals surface area contributed by atoms with Crippen molar-refractivity contribution in [3.63, 3.8) is 0 Å². The standard InChI is InChI=1S/C15H16BrNS/c1-11(17)9-12-7-8-14(10-15(12)16)18-13-5-3-2-4-6-13/h2-8,10-11H,9,17H2,1H3. The van der Waals surface area contributed by atoms with Crippen LogP contribution in [0.25, 0.3) is 0 Å². The molecule has 2 aromatic rings. The molecule has 0 aliphatic rings. The van der Waals surface area contributed by atoms with Crippen molar-refractivity contribution in [1.29, 1.82) is 0 Å². The molecule has 1 atom stereocenters. The highest BCUT2D eigenvalue weighted by molar-refractivity contribution is 9.10. The molecular formula is C15H16BrNS. The van der Waals surface area contributed by atoms with E-state index in [0.29, 0.717) is 0 Å². The molecule has 0 saturated heterocycles. The van der Waals surface area contributed by atoms with Gasteiger partial charge in [0.05, 0.1) is 0 Å². The summed E-state index contributed by atoms with van der Waals surface area (Å²) in [5.74, 6) is 0. The van der Waals surface area contributed by atoms with Crippen LogP contribution >= 0.6 is 27.7 Å². The number of nitrogens with two attached hydrogens (primary N) is 1. The van der Waals surface area contributed by atoms with Crippen molar-refractivity contribution in [3.05, 3.63) is 58.6 Å². The largest absolute Gasteiger partial charge is 0.328 e. The summed E-state index contributed by atoms with van der Waals surface area (Å²) in [4.78, 5) is 2.49. The summed E-state index contributed by atoms with van der Waals surface area (Å²) in [6, 6.07) is 17.0. The third-order valence-electron chi connectivity index (χ3n) is 2.55. The highest BCUT2D eigenvalue weighted by atomic mass is 79.9. The van der Waals surface area contributed by atoms with E-state index in [9.17, 15) is 0 Å². The van der Waals surface area contributed by atoms with Gasteiger partial charge < -0.3 is 5.73 Å². The van der Waals surface area contributed by atoms with E-state index in [4.69, 9.17) is 5.73 Å². The van der Waals surface area contributed by atoms with Gasteiger partial charge in [0, 0.05) is 20.3 Å². The maximum atomic E-state index is 5.83. The van der Waals surface area contributed by atoms with Gasteiger partial charge >= 0.3 is 0 Å². The normalized spacial score (nSPS) is 12.4. The van der Waals surface area contributed by atoms with Crippen molar-refractivity contribution >= 4 is 27.7 Å². The van der Waals surface area contributed by atoms with Crippen LogP contribution in [0.1, 0.15) is 12.5 Å². The lowest BCUT2D eigenvalue weighted by molar-refractivity contribution is 0.735. The monoisotopic (exact) mass is 321 g/mol. The minimum Gasteiger partial charge on any atom is -0.328 e. The number of hydrogen-bond acceptors (Lipinski definition) is 2. The van der Waals surface area contributed by atoms with Gasteiger partial charge in [0.15, 0.2) is 0 Å². The Morgan fingerprint density at radius 2 is 1.83 bits per heavy atom. The predicted molar refractivity (Wildman–Crippen MR) is 82.1 cm³/mol. The van der Waals surface area contributed by atoms with Crippen LogP contribution < -0.4 is 5.73 Å². The first-order chi connectivity index (χ1) is 8.65. The molecule has 0 saturated carbocycles. The minimum atomic E-state index is 0.189. The third kappa shape index (κ3) is 3.87. The fraction of sp³-hybridized carbons (Fsp3) is 0.200. The minimum absolute atomic E-state index is 0.189. The van der Waals surface area contributed by atoms with Gasteiger partial charge in [-0.25, -0.2) is 0 Å². The first kappa shape index (κ1) is 13.7. The molecule has 1 unspecified atom stereocenters. The molecule has 94 valence electrons. The lowest BCUT2D eigenvalue weighted by Gasteiger charge is -2.09. The lowest BCUT2D eigenvalue weighted by Crippen LogP contribution is -2.17. The average Bonchev–Trinajstić information content (AvgIpc) is 2.33. The Balaban J connectivity index is 2.14. The van der Waals surface area contributed by atoms with Gasteiger partial charge in [0.25, 0.3) is 0 Å². The first-order valence-corrected chi connectivity index (χ1v) is 7.53. The van der Waals surface area contributed by atoms with Gasteiger partial charge in [-0.2, -0.15) is 0 Å². The highest BCUT2D eigenvalue weighted by Gasteiger charge is 2.05. The van der Waals surface area contributed by atoms with Crippen molar-refractivity contribution in [1.82, 2.24) is 0 Å². The van der Waals surface area contributed by atoms with Crippen LogP contribution in [0.5, 0.6) is 0 Å². The van der Waals surface area contributed by atoms with Gasteiger partial charge in [-0.1, -0.05) is 52.0 Å². The van der Waals surface area contributed by atoms with Crippen molar-refractivity contribution in [3.8, 4) is 0 Å². The van der Waals surface area contributed by atoms with E-state index in [1.165, 1.54) is 15.4 Å². The van der Waals surface area contributed by atoms with E-state index in [0.717, 1.165) is 10.9 Å². The van der Waals surface area contributed by atoms with Crippen molar-refractivity contribution < 1.29 is 0 Å². The van der Waals surface area contributed by atoms with Gasteiger partial charge in [-0.05, 0) is 43.2 Å². The maximum absolute atomic E-state index is 5.83. The van der Waals surface area contributed by atoms with Crippen molar-refractivity contribution in [2.45, 2.75) is 29.2 Å². The summed E-state index contributed by atoms with van der Waals surface area (Å²) in [5.41, 5.74) is 7.10. The fourth-order valence-electron chi connectivity index (χ4n) is 1.73. The Morgan fingerprint density at radius 1 is 1.11 bits per heavy atom. The molecule has 0 amide bonds. The SMILES string of the molecule is CC(N)Cc1ccc(Sc2ccccc2)cc1Br. The molecule has 0 radical (unpaired) electrons. The molecule has 3 heteroatoms. The van der Waals surface area contributed by atoms with E-state index < -0.39 is 0 Å². The maximum Gasteiger partial charge on any atom is 0.0219 e. The first-order valence-electron chi connectivity index (χ1n) is 5.92. The molecule has 2 aromatic carbocycles. The van der Waals surface area contributed by atoms with Crippen LogP contribution in [0, 0.1) is 0 Å². The highest BCUT2D eigenvalue weighted by Crippen LogP contribution is 2.31. The summed E-state index contributed by atoms with van der Waals surface area (Å²) >= 11 is 5.39. The van der Waals surface area contributed by atoms with Gasteiger partial charge in [-0.15, -0.1) is 0 Å². The number of rotatable bonds is 4. The Labute approximate surface area is 121 Å². The summed E-state index contributed by atoms with van der Waals surface area (Å²) in [6.07, 6.45) is 0.900. The Morgan fingerprint density at radius 3 is 2.44 bits per heavy atom. The molecule has 0 aromatic heterocycles. The second-order valence-corrected chi connectivity index (χ2v) is 6.35. The van der Waals surface area contributed by atoms with Crippen LogP contribution in [-0.4, -0.2) is 6.04 Å². The van der Waals surface area contributed by atoms with Crippen LogP contribution in [0.3, 0.4) is 0 Å². The Kier molecular flexibility index (Phi) is 4.87. The second kappa shape index (κ2) is 6.41. The molecule has 0 heterocycles. The van der Waals surface area contributed by atoms with Gasteiger partial charge in [-0.3, -0.25) is 0 Å². The third-order valence-corrected chi connectivity index (χ3v) is 4.28. The van der Waals surface area contributed by atoms with Crippen LogP contribution in [-0.2, 0) is 6.42 Å². The lowest BCUT2D eigenvalue weighted by atomic mass is 10.1. The van der Waals surface area contributed by atoms with E-state index in [1.807, 2.05) is 13.0 Å². The van der Waals surface area contributed by atoms with E-state index in [1.54, 1.807) is 11.8 Å². The molecule has 0 bridgehead atoms. The number of hydrogen-bond donors (Lipinski definition) is 1. The quantitative estimate of drug-likeness (QED) is 0.897. The fourth-order valence-corrected chi connectivity index (χ4v) is 3.30. The van der Waals surface area contributed by atoms with Crippen molar-refractivity contribution in [2.75, 3.05) is 0 Å². The zero-order valence-electron chi connectivity index (χ0n) is 10.3. The number of benzene rings is 2. The topological polar surface area (TPSA) is 26.0 Å². The zero-order chi connectivity index (χ0) is 13.0. The molecule has 2 rings (SSSR count). The van der Waals surface area contributed by atoms with E-state index >= 15 is 0 Å². The summed E-state index contributed by atoms with van der Waals surface area (Å²) in [6.45, 7) is 2.03. The zero-order valence-corrected chi connectivity index (χ0v) is 12.7. The van der Waals surface area contributed by atoms with E-state index in [-0.39, 0.29) is 6.04 Å². The van der Waals surface area contributed by atoms with Gasteiger partial charge in [0.1, 0.15) is 0 Å². The molecule has 0 fully saturated rings. The number of halogens is 1. The molecule has 1 nitrogen and oxygen atoms in total. The summed E-state index contributed by atoms with van der Waals surface area (Å²) < 4.78 is 1.14. The van der Waals surface area contributed by atoms with Crippen LogP contribution in [0.2, 0.25) is 0 Å². The molecular weight excluding hydrogens is 306 g/mol. The summed E-state index contributed by atoms with van der Waals surface area (Å²) in [7, 11) is 0. The van der Waals surface area contributed by atoms with Gasteiger partial charge in [0.2, 0.25) is 0 Å². The smallest absolute Gasteiger partial charge is 0.0219 e. The molecule has 2 N–H and O–H groups in total. The molecule has 0 aliphatic carbocycles. The van der Waals surface area contributed by atoms with E-state index in [2.05, 4.69) is 58.4 Å². The van der Waals surface area contributed by atoms with Crippen molar-refractivity contribution in [2.24, 2.45) is 5.73 Å². The predicted octanol–water partition coefficient (Wildman–Crippen LogP) is 4.49.